The summed E-state index contributed by atoms with van der Waals surface area (Å²) in [5.41, 5.74) is 1.17. The van der Waals surface area contributed by atoms with Crippen LogP contribution in [0.15, 0.2) is 24.4 Å². The Kier molecular flexibility index (Phi) is 4.55. The van der Waals surface area contributed by atoms with Crippen molar-refractivity contribution in [1.29, 1.82) is 0 Å². The van der Waals surface area contributed by atoms with E-state index >= 15 is 0 Å². The third-order valence-electron chi connectivity index (χ3n) is 2.86. The van der Waals surface area contributed by atoms with Crippen LogP contribution >= 0.6 is 11.6 Å². The minimum absolute atomic E-state index is 0.211. The average molecular weight is 295 g/mol. The van der Waals surface area contributed by atoms with Crippen LogP contribution in [0.1, 0.15) is 36.8 Å². The van der Waals surface area contributed by atoms with Crippen LogP contribution in [0.25, 0.3) is 0 Å². The summed E-state index contributed by atoms with van der Waals surface area (Å²) in [7, 11) is 0. The quantitative estimate of drug-likeness (QED) is 0.774. The SMILES string of the molecule is Cc1ccc(Oc2cnc(C(C)C)nc2CCl)cc1F. The van der Waals surface area contributed by atoms with Crippen molar-refractivity contribution in [2.75, 3.05) is 0 Å². The maximum absolute atomic E-state index is 13.5. The van der Waals surface area contributed by atoms with Crippen LogP contribution in [0, 0.1) is 12.7 Å². The van der Waals surface area contributed by atoms with Crippen molar-refractivity contribution < 1.29 is 9.13 Å². The molecule has 0 bridgehead atoms. The number of nitrogens with zero attached hydrogens (tertiary/aromatic N) is 2. The van der Waals surface area contributed by atoms with Crippen molar-refractivity contribution >= 4 is 11.6 Å². The zero-order valence-corrected chi connectivity index (χ0v) is 12.4. The van der Waals surface area contributed by atoms with Crippen molar-refractivity contribution in [3.63, 3.8) is 0 Å². The first kappa shape index (κ1) is 14.7. The third kappa shape index (κ3) is 3.25. The molecule has 0 aliphatic rings. The number of aromatic nitrogens is 2. The fourth-order valence-corrected chi connectivity index (χ4v) is 1.84. The lowest BCUT2D eigenvalue weighted by molar-refractivity contribution is 0.464. The lowest BCUT2D eigenvalue weighted by atomic mass is 10.2. The van der Waals surface area contributed by atoms with Crippen molar-refractivity contribution in [3.8, 4) is 11.5 Å². The molecule has 0 aliphatic heterocycles. The molecule has 0 saturated carbocycles. The monoisotopic (exact) mass is 294 g/mol. The van der Waals surface area contributed by atoms with Gasteiger partial charge in [0.05, 0.1) is 12.1 Å². The van der Waals surface area contributed by atoms with Crippen LogP contribution in [-0.4, -0.2) is 9.97 Å². The van der Waals surface area contributed by atoms with E-state index in [4.69, 9.17) is 16.3 Å². The lowest BCUT2D eigenvalue weighted by Crippen LogP contribution is -2.02. The molecule has 20 heavy (non-hydrogen) atoms. The molecule has 0 spiro atoms. The first-order valence-electron chi connectivity index (χ1n) is 6.37. The minimum atomic E-state index is -0.311. The fraction of sp³-hybridized carbons (Fsp3) is 0.333. The van der Waals surface area contributed by atoms with E-state index in [1.54, 1.807) is 25.3 Å². The Morgan fingerprint density at radius 2 is 2.10 bits per heavy atom. The van der Waals surface area contributed by atoms with E-state index in [2.05, 4.69) is 9.97 Å². The van der Waals surface area contributed by atoms with Gasteiger partial charge in [-0.25, -0.2) is 14.4 Å². The maximum atomic E-state index is 13.5. The summed E-state index contributed by atoms with van der Waals surface area (Å²) in [5, 5.41) is 0. The topological polar surface area (TPSA) is 35.0 Å². The van der Waals surface area contributed by atoms with Crippen molar-refractivity contribution in [2.45, 2.75) is 32.6 Å². The first-order valence-corrected chi connectivity index (χ1v) is 6.90. The Morgan fingerprint density at radius 3 is 2.70 bits per heavy atom. The van der Waals surface area contributed by atoms with Gasteiger partial charge in [-0.05, 0) is 18.6 Å². The molecule has 0 fully saturated rings. The molecule has 2 rings (SSSR count). The van der Waals surface area contributed by atoms with E-state index in [9.17, 15) is 4.39 Å². The molecule has 0 atom stereocenters. The average Bonchev–Trinajstić information content (AvgIpc) is 2.43. The second-order valence-electron chi connectivity index (χ2n) is 4.84. The molecule has 1 aromatic heterocycles. The highest BCUT2D eigenvalue weighted by Crippen LogP contribution is 2.27. The van der Waals surface area contributed by atoms with Gasteiger partial charge < -0.3 is 4.74 Å². The van der Waals surface area contributed by atoms with E-state index in [-0.39, 0.29) is 17.6 Å². The van der Waals surface area contributed by atoms with Gasteiger partial charge in [-0.2, -0.15) is 0 Å². The molecule has 0 unspecified atom stereocenters. The Balaban J connectivity index is 2.30. The summed E-state index contributed by atoms with van der Waals surface area (Å²) in [4.78, 5) is 8.60. The van der Waals surface area contributed by atoms with E-state index in [0.29, 0.717) is 28.6 Å². The summed E-state index contributed by atoms with van der Waals surface area (Å²) in [6.07, 6.45) is 1.58. The van der Waals surface area contributed by atoms with Gasteiger partial charge in [0, 0.05) is 12.0 Å². The number of hydrogen-bond acceptors (Lipinski definition) is 3. The zero-order valence-electron chi connectivity index (χ0n) is 11.7. The predicted molar refractivity (Wildman–Crippen MR) is 76.9 cm³/mol. The summed E-state index contributed by atoms with van der Waals surface area (Å²) < 4.78 is 19.1. The van der Waals surface area contributed by atoms with Gasteiger partial charge in [0.15, 0.2) is 5.75 Å². The Bertz CT molecular complexity index is 617. The number of halogens is 2. The molecule has 0 saturated heterocycles. The molecule has 1 heterocycles. The Morgan fingerprint density at radius 1 is 1.35 bits per heavy atom. The summed E-state index contributed by atoms with van der Waals surface area (Å²) in [6, 6.07) is 4.70. The fourth-order valence-electron chi connectivity index (χ4n) is 1.64. The lowest BCUT2D eigenvalue weighted by Gasteiger charge is -2.11. The molecular weight excluding hydrogens is 279 g/mol. The minimum Gasteiger partial charge on any atom is -0.454 e. The second-order valence-corrected chi connectivity index (χ2v) is 5.11. The van der Waals surface area contributed by atoms with Crippen LogP contribution in [0.5, 0.6) is 11.5 Å². The largest absolute Gasteiger partial charge is 0.454 e. The van der Waals surface area contributed by atoms with E-state index in [1.165, 1.54) is 6.07 Å². The van der Waals surface area contributed by atoms with E-state index in [0.717, 1.165) is 0 Å². The van der Waals surface area contributed by atoms with E-state index in [1.807, 2.05) is 13.8 Å². The Hall–Kier alpha value is -1.68. The predicted octanol–water partition coefficient (Wildman–Crippen LogP) is 4.58. The second kappa shape index (κ2) is 6.18. The number of aryl methyl sites for hydroxylation is 1. The zero-order chi connectivity index (χ0) is 14.7. The summed E-state index contributed by atoms with van der Waals surface area (Å²) in [5.74, 6) is 1.68. The van der Waals surface area contributed by atoms with Gasteiger partial charge in [0.2, 0.25) is 0 Å². The van der Waals surface area contributed by atoms with Crippen LogP contribution in [-0.2, 0) is 5.88 Å². The van der Waals surface area contributed by atoms with Gasteiger partial charge in [-0.15, -0.1) is 11.6 Å². The highest BCUT2D eigenvalue weighted by molar-refractivity contribution is 6.17. The van der Waals surface area contributed by atoms with Gasteiger partial charge >= 0.3 is 0 Å². The van der Waals surface area contributed by atoms with Crippen LogP contribution < -0.4 is 4.74 Å². The van der Waals surface area contributed by atoms with Crippen LogP contribution in [0.2, 0.25) is 0 Å². The standard InChI is InChI=1S/C15H16ClFN2O/c1-9(2)15-18-8-14(13(7-16)19-15)20-11-5-4-10(3)12(17)6-11/h4-6,8-9H,7H2,1-3H3. The van der Waals surface area contributed by atoms with Crippen LogP contribution in [0.3, 0.4) is 0 Å². The normalized spacial score (nSPS) is 10.9. The number of alkyl halides is 1. The molecule has 0 aliphatic carbocycles. The summed E-state index contributed by atoms with van der Waals surface area (Å²) in [6.45, 7) is 5.70. The smallest absolute Gasteiger partial charge is 0.168 e. The number of hydrogen-bond donors (Lipinski definition) is 0. The molecule has 0 radical (unpaired) electrons. The van der Waals surface area contributed by atoms with Gasteiger partial charge in [0.1, 0.15) is 23.1 Å². The molecule has 5 heteroatoms. The van der Waals surface area contributed by atoms with Crippen LogP contribution in [0.4, 0.5) is 4.39 Å². The number of ether oxygens (including phenoxy) is 1. The number of rotatable bonds is 4. The van der Waals surface area contributed by atoms with Crippen molar-refractivity contribution in [3.05, 3.63) is 47.3 Å². The maximum Gasteiger partial charge on any atom is 0.168 e. The molecule has 2 aromatic rings. The molecule has 0 amide bonds. The van der Waals surface area contributed by atoms with Crippen molar-refractivity contribution in [1.82, 2.24) is 9.97 Å². The molecule has 3 nitrogen and oxygen atoms in total. The third-order valence-corrected chi connectivity index (χ3v) is 3.12. The number of benzene rings is 1. The summed E-state index contributed by atoms with van der Waals surface area (Å²) >= 11 is 5.89. The van der Waals surface area contributed by atoms with E-state index < -0.39 is 0 Å². The molecular formula is C15H16ClFN2O. The highest BCUT2D eigenvalue weighted by atomic mass is 35.5. The van der Waals surface area contributed by atoms with Gasteiger partial charge in [-0.3, -0.25) is 0 Å². The Labute approximate surface area is 122 Å². The molecule has 1 aromatic carbocycles. The molecule has 0 N–H and O–H groups in total. The molecule has 106 valence electrons. The first-order chi connectivity index (χ1) is 9.51. The van der Waals surface area contributed by atoms with Gasteiger partial charge in [-0.1, -0.05) is 19.9 Å². The van der Waals surface area contributed by atoms with Gasteiger partial charge in [0.25, 0.3) is 0 Å². The van der Waals surface area contributed by atoms with Crippen molar-refractivity contribution in [2.24, 2.45) is 0 Å². The highest BCUT2D eigenvalue weighted by Gasteiger charge is 2.11.